The maximum Gasteiger partial charge on any atom is 0.255 e. The largest absolute Gasteiger partial charge is 0.493 e. The summed E-state index contributed by atoms with van der Waals surface area (Å²) in [5.74, 6) is -0.0239. The molecular formula is C14H14N2O4. The number of hydrogen-bond donors (Lipinski definition) is 0. The number of nitriles is 1. The van der Waals surface area contributed by atoms with Gasteiger partial charge in [0.1, 0.15) is 19.0 Å². The highest BCUT2D eigenvalue weighted by Crippen LogP contribution is 2.13. The molecule has 104 valence electrons. The Morgan fingerprint density at radius 1 is 1.30 bits per heavy atom. The second-order valence-corrected chi connectivity index (χ2v) is 4.27. The van der Waals surface area contributed by atoms with Crippen LogP contribution in [0, 0.1) is 11.3 Å². The molecular weight excluding hydrogens is 260 g/mol. The Kier molecular flexibility index (Phi) is 4.69. The van der Waals surface area contributed by atoms with Gasteiger partial charge in [0.25, 0.3) is 11.8 Å². The summed E-state index contributed by atoms with van der Waals surface area (Å²) < 4.78 is 10.3. The zero-order valence-electron chi connectivity index (χ0n) is 10.9. The summed E-state index contributed by atoms with van der Waals surface area (Å²) in [5, 5.41) is 8.76. The molecule has 1 saturated heterocycles. The smallest absolute Gasteiger partial charge is 0.255 e. The fraction of sp³-hybridized carbons (Fsp3) is 0.357. The van der Waals surface area contributed by atoms with Gasteiger partial charge in [0, 0.05) is 6.54 Å². The highest BCUT2D eigenvalue weighted by Gasteiger charge is 2.25. The molecule has 0 bridgehead atoms. The molecule has 0 saturated carbocycles. The molecule has 0 aliphatic carbocycles. The Morgan fingerprint density at radius 3 is 2.75 bits per heavy atom. The highest BCUT2D eigenvalue weighted by molar-refractivity contribution is 5.98. The number of imide groups is 1. The number of hydrogen-bond acceptors (Lipinski definition) is 5. The zero-order chi connectivity index (χ0) is 14.4. The van der Waals surface area contributed by atoms with Crippen LogP contribution in [0.1, 0.15) is 12.0 Å². The monoisotopic (exact) mass is 274 g/mol. The lowest BCUT2D eigenvalue weighted by molar-refractivity contribution is -0.158. The van der Waals surface area contributed by atoms with Crippen LogP contribution in [0.5, 0.6) is 5.75 Å². The van der Waals surface area contributed by atoms with E-state index in [2.05, 4.69) is 0 Å². The van der Waals surface area contributed by atoms with Crippen LogP contribution < -0.4 is 4.74 Å². The third-order valence-corrected chi connectivity index (χ3v) is 2.81. The van der Waals surface area contributed by atoms with Crippen molar-refractivity contribution in [1.29, 1.82) is 5.26 Å². The first-order valence-electron chi connectivity index (χ1n) is 6.24. The van der Waals surface area contributed by atoms with Gasteiger partial charge in [-0.1, -0.05) is 6.07 Å². The van der Waals surface area contributed by atoms with E-state index in [4.69, 9.17) is 14.7 Å². The predicted octanol–water partition coefficient (Wildman–Crippen LogP) is 0.713. The quantitative estimate of drug-likeness (QED) is 0.583. The maximum atomic E-state index is 11.5. The van der Waals surface area contributed by atoms with Gasteiger partial charge < -0.3 is 9.47 Å². The van der Waals surface area contributed by atoms with E-state index in [0.717, 1.165) is 0 Å². The van der Waals surface area contributed by atoms with Crippen LogP contribution in [-0.2, 0) is 14.3 Å². The van der Waals surface area contributed by atoms with Gasteiger partial charge >= 0.3 is 0 Å². The van der Waals surface area contributed by atoms with Crippen molar-refractivity contribution >= 4 is 11.8 Å². The van der Waals surface area contributed by atoms with Crippen molar-refractivity contribution in [2.24, 2.45) is 0 Å². The highest BCUT2D eigenvalue weighted by atomic mass is 16.5. The Hall–Kier alpha value is -2.39. The fourth-order valence-corrected chi connectivity index (χ4v) is 1.84. The van der Waals surface area contributed by atoms with Gasteiger partial charge in [-0.15, -0.1) is 0 Å². The number of carbonyl (C=O) groups excluding carboxylic acids is 2. The van der Waals surface area contributed by atoms with Gasteiger partial charge in [-0.3, -0.25) is 14.5 Å². The van der Waals surface area contributed by atoms with Crippen LogP contribution in [-0.4, -0.2) is 43.1 Å². The van der Waals surface area contributed by atoms with E-state index >= 15 is 0 Å². The molecule has 0 atom stereocenters. The molecule has 20 heavy (non-hydrogen) atoms. The summed E-state index contributed by atoms with van der Waals surface area (Å²) in [6.07, 6.45) is 0.536. The lowest BCUT2D eigenvalue weighted by Crippen LogP contribution is -2.46. The number of amides is 2. The van der Waals surface area contributed by atoms with Gasteiger partial charge in [0.2, 0.25) is 0 Å². The average molecular weight is 274 g/mol. The van der Waals surface area contributed by atoms with Crippen molar-refractivity contribution in [1.82, 2.24) is 4.90 Å². The van der Waals surface area contributed by atoms with Crippen molar-refractivity contribution in [3.63, 3.8) is 0 Å². The summed E-state index contributed by atoms with van der Waals surface area (Å²) in [6.45, 7) is 0.597. The van der Waals surface area contributed by atoms with E-state index < -0.39 is 0 Å². The fourth-order valence-electron chi connectivity index (χ4n) is 1.84. The summed E-state index contributed by atoms with van der Waals surface area (Å²) in [4.78, 5) is 24.1. The van der Waals surface area contributed by atoms with E-state index in [-0.39, 0.29) is 25.0 Å². The van der Waals surface area contributed by atoms with Gasteiger partial charge in [0.05, 0.1) is 18.2 Å². The van der Waals surface area contributed by atoms with Crippen molar-refractivity contribution in [3.05, 3.63) is 29.8 Å². The van der Waals surface area contributed by atoms with Crippen molar-refractivity contribution in [2.45, 2.75) is 6.42 Å². The second kappa shape index (κ2) is 6.68. The van der Waals surface area contributed by atoms with Crippen molar-refractivity contribution in [2.75, 3.05) is 26.4 Å². The summed E-state index contributed by atoms with van der Waals surface area (Å²) in [6, 6.07) is 8.86. The van der Waals surface area contributed by atoms with Crippen LogP contribution in [0.4, 0.5) is 0 Å². The van der Waals surface area contributed by atoms with Crippen LogP contribution in [0.3, 0.4) is 0 Å². The molecule has 1 aliphatic heterocycles. The minimum absolute atomic E-state index is 0.0448. The molecule has 2 rings (SSSR count). The number of ether oxygens (including phenoxy) is 2. The first kappa shape index (κ1) is 14.0. The van der Waals surface area contributed by atoms with Crippen LogP contribution in [0.25, 0.3) is 0 Å². The molecule has 0 unspecified atom stereocenters. The minimum Gasteiger partial charge on any atom is -0.493 e. The van der Waals surface area contributed by atoms with E-state index in [1.165, 1.54) is 4.90 Å². The number of nitrogens with zero attached hydrogens (tertiary/aromatic N) is 2. The molecule has 1 aromatic carbocycles. The van der Waals surface area contributed by atoms with Gasteiger partial charge in [-0.25, -0.2) is 0 Å². The van der Waals surface area contributed by atoms with E-state index in [9.17, 15) is 9.59 Å². The molecule has 0 N–H and O–H groups in total. The second-order valence-electron chi connectivity index (χ2n) is 4.27. The van der Waals surface area contributed by atoms with Crippen molar-refractivity contribution in [3.8, 4) is 11.8 Å². The first-order valence-corrected chi connectivity index (χ1v) is 6.24. The molecule has 6 heteroatoms. The summed E-state index contributed by atoms with van der Waals surface area (Å²) in [7, 11) is 0. The molecule has 6 nitrogen and oxygen atoms in total. The van der Waals surface area contributed by atoms with Crippen LogP contribution in [0.15, 0.2) is 24.3 Å². The summed E-state index contributed by atoms with van der Waals surface area (Å²) in [5.41, 5.74) is 0.529. The maximum absolute atomic E-state index is 11.5. The van der Waals surface area contributed by atoms with E-state index in [1.807, 2.05) is 6.07 Å². The lowest BCUT2D eigenvalue weighted by Gasteiger charge is -2.24. The Balaban J connectivity index is 1.77. The number of morpholine rings is 1. The topological polar surface area (TPSA) is 79.6 Å². The zero-order valence-corrected chi connectivity index (χ0v) is 10.9. The number of carbonyl (C=O) groups is 2. The van der Waals surface area contributed by atoms with Crippen molar-refractivity contribution < 1.29 is 19.1 Å². The Bertz CT molecular complexity index is 534. The first-order chi connectivity index (χ1) is 9.70. The van der Waals surface area contributed by atoms with Crippen LogP contribution >= 0.6 is 0 Å². The third-order valence-electron chi connectivity index (χ3n) is 2.81. The molecule has 0 spiro atoms. The SMILES string of the molecule is N#Cc1cccc(OCCCN2C(=O)COCC2=O)c1. The van der Waals surface area contributed by atoms with Gasteiger partial charge in [-0.05, 0) is 24.6 Å². The van der Waals surface area contributed by atoms with E-state index in [1.54, 1.807) is 24.3 Å². The number of benzene rings is 1. The van der Waals surface area contributed by atoms with Gasteiger partial charge in [-0.2, -0.15) is 5.26 Å². The molecule has 1 aliphatic rings. The van der Waals surface area contributed by atoms with E-state index in [0.29, 0.717) is 30.9 Å². The minimum atomic E-state index is -0.312. The predicted molar refractivity (Wildman–Crippen MR) is 68.8 cm³/mol. The average Bonchev–Trinajstić information content (AvgIpc) is 2.46. The summed E-state index contributed by atoms with van der Waals surface area (Å²) >= 11 is 0. The molecule has 2 amide bonds. The Labute approximate surface area is 116 Å². The van der Waals surface area contributed by atoms with Gasteiger partial charge in [0.15, 0.2) is 0 Å². The lowest BCUT2D eigenvalue weighted by atomic mass is 10.2. The Morgan fingerprint density at radius 2 is 2.05 bits per heavy atom. The number of rotatable bonds is 5. The molecule has 1 heterocycles. The standard InChI is InChI=1S/C14H14N2O4/c15-8-11-3-1-4-12(7-11)20-6-2-5-16-13(17)9-19-10-14(16)18/h1,3-4,7H,2,5-6,9-10H2. The molecule has 0 radical (unpaired) electrons. The molecule has 1 fully saturated rings. The van der Waals surface area contributed by atoms with Crippen LogP contribution in [0.2, 0.25) is 0 Å². The normalized spacial score (nSPS) is 15.1. The third kappa shape index (κ3) is 3.56. The molecule has 0 aromatic heterocycles. The molecule has 1 aromatic rings.